The van der Waals surface area contributed by atoms with Crippen molar-refractivity contribution in [3.63, 3.8) is 0 Å². The van der Waals surface area contributed by atoms with Crippen LogP contribution >= 0.6 is 0 Å². The van der Waals surface area contributed by atoms with Crippen LogP contribution in [0.25, 0.3) is 0 Å². The van der Waals surface area contributed by atoms with E-state index < -0.39 is 6.10 Å². The average molecular weight is 331 g/mol. The number of nitrogens with zero attached hydrogens (tertiary/aromatic N) is 1. The molecule has 2 atom stereocenters. The zero-order chi connectivity index (χ0) is 16.9. The van der Waals surface area contributed by atoms with Crippen molar-refractivity contribution in [3.05, 3.63) is 35.4 Å². The molecule has 2 saturated heterocycles. The number of benzene rings is 1. The van der Waals surface area contributed by atoms with Gasteiger partial charge < -0.3 is 14.7 Å². The number of ether oxygens (including phenoxy) is 1. The van der Waals surface area contributed by atoms with Gasteiger partial charge in [-0.15, -0.1) is 0 Å². The first kappa shape index (κ1) is 17.4. The molecule has 0 saturated carbocycles. The van der Waals surface area contributed by atoms with E-state index in [-0.39, 0.29) is 11.9 Å². The molecule has 3 rings (SSSR count). The van der Waals surface area contributed by atoms with E-state index in [4.69, 9.17) is 4.74 Å². The molecule has 0 spiro atoms. The van der Waals surface area contributed by atoms with Crippen molar-refractivity contribution in [1.82, 2.24) is 4.90 Å². The lowest BCUT2D eigenvalue weighted by Crippen LogP contribution is -2.52. The number of aliphatic hydroxyl groups excluding tert-OH is 1. The third kappa shape index (κ3) is 4.37. The molecule has 1 amide bonds. The molecule has 2 fully saturated rings. The van der Waals surface area contributed by atoms with E-state index in [0.717, 1.165) is 51.9 Å². The van der Waals surface area contributed by atoms with E-state index >= 15 is 0 Å². The van der Waals surface area contributed by atoms with Gasteiger partial charge in [0.25, 0.3) is 0 Å². The minimum atomic E-state index is -0.418. The van der Waals surface area contributed by atoms with E-state index in [1.54, 1.807) is 0 Å². The van der Waals surface area contributed by atoms with Gasteiger partial charge in [-0.3, -0.25) is 4.79 Å². The number of carbonyl (C=O) groups is 1. The molecule has 132 valence electrons. The number of amides is 1. The first-order chi connectivity index (χ1) is 11.6. The molecule has 0 aromatic heterocycles. The molecular formula is C20H29NO3. The van der Waals surface area contributed by atoms with Crippen LogP contribution in [0.5, 0.6) is 0 Å². The summed E-state index contributed by atoms with van der Waals surface area (Å²) in [5, 5.41) is 10.5. The Morgan fingerprint density at radius 3 is 2.62 bits per heavy atom. The first-order valence-electron chi connectivity index (χ1n) is 9.24. The van der Waals surface area contributed by atoms with Crippen LogP contribution in [0.4, 0.5) is 0 Å². The topological polar surface area (TPSA) is 49.8 Å². The van der Waals surface area contributed by atoms with E-state index in [1.165, 1.54) is 11.1 Å². The van der Waals surface area contributed by atoms with Crippen LogP contribution in [-0.4, -0.2) is 47.8 Å². The summed E-state index contributed by atoms with van der Waals surface area (Å²) in [5.41, 5.74) is 2.42. The lowest BCUT2D eigenvalue weighted by Gasteiger charge is -2.40. The van der Waals surface area contributed by atoms with Crippen molar-refractivity contribution in [2.24, 2.45) is 5.92 Å². The predicted molar refractivity (Wildman–Crippen MR) is 93.8 cm³/mol. The number of piperidine rings is 1. The Bertz CT molecular complexity index is 536. The highest BCUT2D eigenvalue weighted by Crippen LogP contribution is 2.25. The smallest absolute Gasteiger partial charge is 0.223 e. The number of hydrogen-bond acceptors (Lipinski definition) is 3. The van der Waals surface area contributed by atoms with Crippen molar-refractivity contribution < 1.29 is 14.6 Å². The molecule has 0 unspecified atom stereocenters. The number of aryl methyl sites for hydroxylation is 1. The number of rotatable bonds is 4. The molecule has 4 nitrogen and oxygen atoms in total. The third-order valence-corrected chi connectivity index (χ3v) is 5.43. The Balaban J connectivity index is 1.66. The zero-order valence-electron chi connectivity index (χ0n) is 14.6. The van der Waals surface area contributed by atoms with E-state index in [2.05, 4.69) is 31.2 Å². The Kier molecular flexibility index (Phi) is 5.90. The van der Waals surface area contributed by atoms with Crippen LogP contribution in [0, 0.1) is 12.8 Å². The number of hydrogen-bond donors (Lipinski definition) is 1. The molecule has 0 bridgehead atoms. The van der Waals surface area contributed by atoms with Crippen molar-refractivity contribution in [2.45, 2.75) is 57.6 Å². The maximum absolute atomic E-state index is 12.8. The Morgan fingerprint density at radius 2 is 1.92 bits per heavy atom. The Morgan fingerprint density at radius 1 is 1.21 bits per heavy atom. The third-order valence-electron chi connectivity index (χ3n) is 5.43. The Hall–Kier alpha value is -1.39. The summed E-state index contributed by atoms with van der Waals surface area (Å²) in [6, 6.07) is 8.32. The second kappa shape index (κ2) is 8.13. The summed E-state index contributed by atoms with van der Waals surface area (Å²) in [7, 11) is 0. The van der Waals surface area contributed by atoms with E-state index in [0.29, 0.717) is 12.3 Å². The highest BCUT2D eigenvalue weighted by atomic mass is 16.5. The maximum atomic E-state index is 12.8. The van der Waals surface area contributed by atoms with Crippen LogP contribution in [0.2, 0.25) is 0 Å². The highest BCUT2D eigenvalue weighted by molar-refractivity contribution is 5.77. The zero-order valence-corrected chi connectivity index (χ0v) is 14.6. The number of aliphatic hydroxyl groups is 1. The van der Waals surface area contributed by atoms with Gasteiger partial charge in [-0.1, -0.05) is 29.8 Å². The molecule has 4 heteroatoms. The monoisotopic (exact) mass is 331 g/mol. The minimum absolute atomic E-state index is 0.0891. The molecule has 0 aliphatic carbocycles. The van der Waals surface area contributed by atoms with Crippen molar-refractivity contribution in [2.75, 3.05) is 19.8 Å². The summed E-state index contributed by atoms with van der Waals surface area (Å²) in [4.78, 5) is 14.8. The normalized spacial score (nSPS) is 25.7. The van der Waals surface area contributed by atoms with E-state index in [1.807, 2.05) is 4.90 Å². The molecule has 1 N–H and O–H groups in total. The van der Waals surface area contributed by atoms with Gasteiger partial charge in [-0.25, -0.2) is 0 Å². The largest absolute Gasteiger partial charge is 0.391 e. The minimum Gasteiger partial charge on any atom is -0.391 e. The average Bonchev–Trinajstić information content (AvgIpc) is 2.59. The SMILES string of the molecule is Cc1ccc(C[C@H]2[C@@H](O)CCCN2C(=O)CC2CCOCC2)cc1. The van der Waals surface area contributed by atoms with Gasteiger partial charge in [0.1, 0.15) is 0 Å². The molecule has 2 aliphatic rings. The van der Waals surface area contributed by atoms with Crippen molar-refractivity contribution >= 4 is 5.91 Å². The van der Waals surface area contributed by atoms with Crippen LogP contribution in [-0.2, 0) is 16.0 Å². The molecule has 0 radical (unpaired) electrons. The van der Waals surface area contributed by atoms with Gasteiger partial charge in [0.2, 0.25) is 5.91 Å². The van der Waals surface area contributed by atoms with Gasteiger partial charge in [-0.2, -0.15) is 0 Å². The molecular weight excluding hydrogens is 302 g/mol. The standard InChI is InChI=1S/C20H29NO3/c1-15-4-6-16(7-5-15)13-18-19(22)3-2-10-21(18)20(23)14-17-8-11-24-12-9-17/h4-7,17-19,22H,2-3,8-14H2,1H3/t18-,19-/m0/s1. The second-order valence-corrected chi connectivity index (χ2v) is 7.31. The fourth-order valence-electron chi connectivity index (χ4n) is 3.87. The van der Waals surface area contributed by atoms with Gasteiger partial charge in [0, 0.05) is 26.2 Å². The van der Waals surface area contributed by atoms with Gasteiger partial charge in [0.15, 0.2) is 0 Å². The van der Waals surface area contributed by atoms with Crippen molar-refractivity contribution in [1.29, 1.82) is 0 Å². The summed E-state index contributed by atoms with van der Waals surface area (Å²) >= 11 is 0. The molecule has 24 heavy (non-hydrogen) atoms. The summed E-state index contributed by atoms with van der Waals surface area (Å²) in [5.74, 6) is 0.642. The van der Waals surface area contributed by atoms with Gasteiger partial charge >= 0.3 is 0 Å². The summed E-state index contributed by atoms with van der Waals surface area (Å²) in [6.07, 6.45) is 4.55. The van der Waals surface area contributed by atoms with E-state index in [9.17, 15) is 9.90 Å². The van der Waals surface area contributed by atoms with Crippen LogP contribution in [0.1, 0.15) is 43.2 Å². The Labute approximate surface area is 144 Å². The maximum Gasteiger partial charge on any atom is 0.223 e. The number of likely N-dealkylation sites (tertiary alicyclic amines) is 1. The quantitative estimate of drug-likeness (QED) is 0.923. The lowest BCUT2D eigenvalue weighted by atomic mass is 9.90. The fourth-order valence-corrected chi connectivity index (χ4v) is 3.87. The molecule has 2 aliphatic heterocycles. The van der Waals surface area contributed by atoms with Crippen LogP contribution in [0.3, 0.4) is 0 Å². The van der Waals surface area contributed by atoms with Gasteiger partial charge in [0.05, 0.1) is 12.1 Å². The first-order valence-corrected chi connectivity index (χ1v) is 9.24. The van der Waals surface area contributed by atoms with Gasteiger partial charge in [-0.05, 0) is 50.5 Å². The number of carbonyl (C=O) groups excluding carboxylic acids is 1. The fraction of sp³-hybridized carbons (Fsp3) is 0.650. The second-order valence-electron chi connectivity index (χ2n) is 7.31. The van der Waals surface area contributed by atoms with Crippen molar-refractivity contribution in [3.8, 4) is 0 Å². The summed E-state index contributed by atoms with van der Waals surface area (Å²) < 4.78 is 5.39. The molecule has 1 aromatic rings. The predicted octanol–water partition coefficient (Wildman–Crippen LogP) is 2.71. The highest BCUT2D eigenvalue weighted by Gasteiger charge is 2.34. The molecule has 2 heterocycles. The summed E-state index contributed by atoms with van der Waals surface area (Å²) in [6.45, 7) is 4.39. The lowest BCUT2D eigenvalue weighted by molar-refractivity contribution is -0.140. The van der Waals surface area contributed by atoms with Crippen LogP contribution < -0.4 is 0 Å². The molecule has 1 aromatic carbocycles. The van der Waals surface area contributed by atoms with Crippen LogP contribution in [0.15, 0.2) is 24.3 Å².